The summed E-state index contributed by atoms with van der Waals surface area (Å²) in [6.07, 6.45) is -5.32. The van der Waals surface area contributed by atoms with Crippen LogP contribution in [-0.2, 0) is 14.3 Å². The van der Waals surface area contributed by atoms with E-state index in [1.54, 1.807) is 41.5 Å². The van der Waals surface area contributed by atoms with E-state index in [1.165, 1.54) is 12.1 Å². The maximum atomic E-state index is 13.3. The lowest BCUT2D eigenvalue weighted by Crippen LogP contribution is -2.48. The third-order valence-corrected chi connectivity index (χ3v) is 4.85. The van der Waals surface area contributed by atoms with Gasteiger partial charge in [-0.15, -0.1) is 0 Å². The zero-order valence-electron chi connectivity index (χ0n) is 22.0. The van der Waals surface area contributed by atoms with E-state index in [1.807, 2.05) is 0 Å². The minimum Gasteiger partial charge on any atom is -0.464 e. The van der Waals surface area contributed by atoms with Gasteiger partial charge in [-0.3, -0.25) is 19.3 Å². The molecule has 2 amide bonds. The van der Waals surface area contributed by atoms with Gasteiger partial charge in [0.1, 0.15) is 11.3 Å². The van der Waals surface area contributed by atoms with Gasteiger partial charge in [0.05, 0.1) is 12.7 Å². The largest absolute Gasteiger partial charge is 0.471 e. The fourth-order valence-corrected chi connectivity index (χ4v) is 3.40. The van der Waals surface area contributed by atoms with Crippen LogP contribution in [0.5, 0.6) is 0 Å². The lowest BCUT2D eigenvalue weighted by Gasteiger charge is -2.29. The first-order valence-electron chi connectivity index (χ1n) is 11.4. The number of H-pyrrole nitrogens is 1. The van der Waals surface area contributed by atoms with Crippen LogP contribution < -0.4 is 5.56 Å². The number of aromatic amines is 1. The Morgan fingerprint density at radius 1 is 0.895 bits per heavy atom. The number of esters is 2. The minimum absolute atomic E-state index is 0.0250. The predicted octanol–water partition coefficient (Wildman–Crippen LogP) is 4.36. The zero-order chi connectivity index (χ0) is 29.2. The van der Waals surface area contributed by atoms with Crippen LogP contribution in [0.15, 0.2) is 35.1 Å². The number of hydrogen-bond donors (Lipinski definition) is 1. The second-order valence-corrected chi connectivity index (χ2v) is 10.6. The summed E-state index contributed by atoms with van der Waals surface area (Å²) in [5.74, 6) is -5.53. The Bertz CT molecular complexity index is 1320. The lowest BCUT2D eigenvalue weighted by molar-refractivity contribution is -0.183. The number of halogens is 3. The first-order valence-corrected chi connectivity index (χ1v) is 11.4. The van der Waals surface area contributed by atoms with E-state index in [4.69, 9.17) is 9.47 Å². The maximum Gasteiger partial charge on any atom is 0.471 e. The van der Waals surface area contributed by atoms with E-state index >= 15 is 0 Å². The first kappa shape index (κ1) is 30.3. The molecule has 0 spiro atoms. The first-order chi connectivity index (χ1) is 17.2. The lowest BCUT2D eigenvalue weighted by atomic mass is 9.94. The Morgan fingerprint density at radius 2 is 1.47 bits per heavy atom. The molecule has 1 heterocycles. The second kappa shape index (κ2) is 10.8. The molecule has 0 aliphatic heterocycles. The van der Waals surface area contributed by atoms with Crippen molar-refractivity contribution in [3.8, 4) is 11.1 Å². The summed E-state index contributed by atoms with van der Waals surface area (Å²) in [5.41, 5.74) is -3.45. The minimum atomic E-state index is -5.32. The van der Waals surface area contributed by atoms with Crippen molar-refractivity contribution in [2.24, 2.45) is 5.41 Å². The van der Waals surface area contributed by atoms with Gasteiger partial charge in [-0.1, -0.05) is 26.8 Å². The Hall–Kier alpha value is -3.96. The highest BCUT2D eigenvalue weighted by molar-refractivity contribution is 6.09. The molecule has 38 heavy (non-hydrogen) atoms. The van der Waals surface area contributed by atoms with E-state index in [-0.39, 0.29) is 27.3 Å². The highest BCUT2D eigenvalue weighted by atomic mass is 19.4. The third-order valence-electron chi connectivity index (χ3n) is 4.85. The molecule has 12 heteroatoms. The molecule has 0 aliphatic carbocycles. The van der Waals surface area contributed by atoms with Crippen molar-refractivity contribution in [3.63, 3.8) is 0 Å². The fourth-order valence-electron chi connectivity index (χ4n) is 3.40. The number of amides is 2. The summed E-state index contributed by atoms with van der Waals surface area (Å²) in [6, 6.07) is 5.63. The van der Waals surface area contributed by atoms with Crippen LogP contribution in [0.2, 0.25) is 0 Å². The number of pyridine rings is 1. The Labute approximate surface area is 216 Å². The van der Waals surface area contributed by atoms with Crippen molar-refractivity contribution < 1.29 is 41.8 Å². The number of carbonyl (C=O) groups excluding carboxylic acids is 4. The van der Waals surface area contributed by atoms with Crippen LogP contribution in [0, 0.1) is 5.41 Å². The maximum absolute atomic E-state index is 13.3. The number of carbonyl (C=O) groups is 4. The van der Waals surface area contributed by atoms with Gasteiger partial charge in [0.25, 0.3) is 5.91 Å². The van der Waals surface area contributed by atoms with Gasteiger partial charge >= 0.3 is 24.0 Å². The summed E-state index contributed by atoms with van der Waals surface area (Å²) < 4.78 is 50.1. The average molecular weight is 539 g/mol. The van der Waals surface area contributed by atoms with Gasteiger partial charge in [-0.25, -0.2) is 9.59 Å². The monoisotopic (exact) mass is 538 g/mol. The molecule has 0 atom stereocenters. The van der Waals surface area contributed by atoms with Crippen molar-refractivity contribution in [1.29, 1.82) is 0 Å². The van der Waals surface area contributed by atoms with Crippen LogP contribution >= 0.6 is 0 Å². The van der Waals surface area contributed by atoms with E-state index in [9.17, 15) is 37.1 Å². The van der Waals surface area contributed by atoms with E-state index in [0.717, 1.165) is 25.3 Å². The Balaban J connectivity index is 2.79. The van der Waals surface area contributed by atoms with Crippen LogP contribution in [0.25, 0.3) is 11.1 Å². The molecule has 0 aliphatic rings. The smallest absolute Gasteiger partial charge is 0.464 e. The molecule has 0 bridgehead atoms. The topological polar surface area (TPSA) is 123 Å². The highest BCUT2D eigenvalue weighted by Crippen LogP contribution is 2.31. The Morgan fingerprint density at radius 3 is 1.97 bits per heavy atom. The SMILES string of the molecule is COC(=O)c1[nH]c(=O)ccc1-c1ccc(C(=O)N(CC(C)(C)C)C(=O)C(F)(F)F)cc1C(=O)OC(C)(C)C. The van der Waals surface area contributed by atoms with Gasteiger partial charge in [0.2, 0.25) is 5.56 Å². The summed E-state index contributed by atoms with van der Waals surface area (Å²) in [7, 11) is 1.08. The molecule has 1 aromatic carbocycles. The summed E-state index contributed by atoms with van der Waals surface area (Å²) >= 11 is 0. The fraction of sp³-hybridized carbons (Fsp3) is 0.423. The van der Waals surface area contributed by atoms with Crippen LogP contribution in [-0.4, -0.2) is 59.1 Å². The molecule has 1 N–H and O–H groups in total. The molecule has 2 aromatic rings. The molecular weight excluding hydrogens is 509 g/mol. The van der Waals surface area contributed by atoms with Gasteiger partial charge in [0, 0.05) is 23.7 Å². The molecule has 2 rings (SSSR count). The van der Waals surface area contributed by atoms with Crippen molar-refractivity contribution >= 4 is 23.8 Å². The van der Waals surface area contributed by atoms with Gasteiger partial charge < -0.3 is 14.5 Å². The molecule has 0 fully saturated rings. The zero-order valence-corrected chi connectivity index (χ0v) is 22.0. The van der Waals surface area contributed by atoms with Crippen molar-refractivity contribution in [2.75, 3.05) is 13.7 Å². The number of benzene rings is 1. The molecule has 0 radical (unpaired) electrons. The van der Waals surface area contributed by atoms with Crippen LogP contribution in [0.4, 0.5) is 13.2 Å². The van der Waals surface area contributed by atoms with Crippen molar-refractivity contribution in [3.05, 3.63) is 57.5 Å². The quantitative estimate of drug-likeness (QED) is 0.561. The highest BCUT2D eigenvalue weighted by Gasteiger charge is 2.46. The molecule has 0 unspecified atom stereocenters. The summed E-state index contributed by atoms with van der Waals surface area (Å²) in [4.78, 5) is 65.1. The number of nitrogens with zero attached hydrogens (tertiary/aromatic N) is 1. The second-order valence-electron chi connectivity index (χ2n) is 10.6. The average Bonchev–Trinajstić information content (AvgIpc) is 2.78. The summed E-state index contributed by atoms with van der Waals surface area (Å²) in [5, 5.41) is 0. The number of rotatable bonds is 5. The predicted molar refractivity (Wildman–Crippen MR) is 131 cm³/mol. The third kappa shape index (κ3) is 7.53. The van der Waals surface area contributed by atoms with E-state index < -0.39 is 58.6 Å². The van der Waals surface area contributed by atoms with Gasteiger partial charge in [-0.05, 0) is 49.9 Å². The van der Waals surface area contributed by atoms with Crippen molar-refractivity contribution in [2.45, 2.75) is 53.3 Å². The number of imide groups is 1. The Kier molecular flexibility index (Phi) is 8.60. The van der Waals surface area contributed by atoms with E-state index in [2.05, 4.69) is 4.98 Å². The standard InChI is InChI=1S/C26H29F3N2O7/c1-24(2,3)13-31(23(36)26(27,28)29)20(33)14-8-9-15(17(12-14)21(34)38-25(4,5)6)16-10-11-18(32)30-19(16)22(35)37-7/h8-12H,13H2,1-7H3,(H,30,32). The molecule has 0 saturated heterocycles. The normalized spacial score (nSPS) is 12.1. The van der Waals surface area contributed by atoms with Gasteiger partial charge in [0.15, 0.2) is 0 Å². The number of hydrogen-bond acceptors (Lipinski definition) is 7. The molecule has 206 valence electrons. The number of aromatic nitrogens is 1. The molecular formula is C26H29F3N2O7. The summed E-state index contributed by atoms with van der Waals surface area (Å²) in [6.45, 7) is 8.83. The molecule has 9 nitrogen and oxygen atoms in total. The van der Waals surface area contributed by atoms with Crippen LogP contribution in [0.3, 0.4) is 0 Å². The number of alkyl halides is 3. The van der Waals surface area contributed by atoms with Crippen molar-refractivity contribution in [1.82, 2.24) is 9.88 Å². The molecule has 1 aromatic heterocycles. The van der Waals surface area contributed by atoms with Gasteiger partial charge in [-0.2, -0.15) is 13.2 Å². The number of methoxy groups -OCH3 is 1. The number of ether oxygens (including phenoxy) is 2. The van der Waals surface area contributed by atoms with Crippen LogP contribution in [0.1, 0.15) is 72.7 Å². The number of nitrogens with one attached hydrogen (secondary N) is 1. The molecule has 0 saturated carbocycles. The van der Waals surface area contributed by atoms with E-state index in [0.29, 0.717) is 0 Å².